The second-order valence-electron chi connectivity index (χ2n) is 4.82. The Morgan fingerprint density at radius 1 is 1.06 bits per heavy atom. The van der Waals surface area contributed by atoms with Crippen LogP contribution in [0.5, 0.6) is 0 Å². The van der Waals surface area contributed by atoms with Crippen molar-refractivity contribution in [2.45, 2.75) is 37.0 Å². The van der Waals surface area contributed by atoms with Gasteiger partial charge in [-0.25, -0.2) is 0 Å². The monoisotopic (exact) mass is 252 g/mol. The van der Waals surface area contributed by atoms with Gasteiger partial charge in [-0.05, 0) is 36.1 Å². The molecule has 0 aliphatic heterocycles. The average Bonchev–Trinajstić information content (AvgIpc) is 2.39. The predicted octanol–water partition coefficient (Wildman–Crippen LogP) is 4.66. The zero-order chi connectivity index (χ0) is 11.3. The maximum Gasteiger partial charge on any atom is 0.00721 e. The van der Waals surface area contributed by atoms with Crippen molar-refractivity contribution in [3.63, 3.8) is 0 Å². The van der Waals surface area contributed by atoms with Crippen molar-refractivity contribution >= 4 is 24.4 Å². The van der Waals surface area contributed by atoms with Crippen molar-refractivity contribution < 1.29 is 0 Å². The number of hydrogen-bond donors (Lipinski definition) is 1. The number of thiol groups is 1. The molecule has 1 aromatic carbocycles. The molecule has 2 heteroatoms. The highest BCUT2D eigenvalue weighted by Gasteiger charge is 2.30. The first-order valence-corrected chi connectivity index (χ1v) is 7.75. The minimum atomic E-state index is 0.502. The Morgan fingerprint density at radius 2 is 1.75 bits per heavy atom. The summed E-state index contributed by atoms with van der Waals surface area (Å²) in [5.74, 6) is 2.29. The van der Waals surface area contributed by atoms with Crippen molar-refractivity contribution in [1.29, 1.82) is 0 Å². The van der Waals surface area contributed by atoms with Gasteiger partial charge in [0.15, 0.2) is 0 Å². The van der Waals surface area contributed by atoms with Gasteiger partial charge in [0.1, 0.15) is 0 Å². The molecule has 0 aromatic heterocycles. The molecular formula is C14H20S2. The zero-order valence-corrected chi connectivity index (χ0v) is 11.4. The largest absolute Gasteiger partial charge is 0.179 e. The second kappa shape index (κ2) is 6.02. The highest BCUT2D eigenvalue weighted by Crippen LogP contribution is 2.41. The molecule has 1 saturated carbocycles. The van der Waals surface area contributed by atoms with E-state index in [4.69, 9.17) is 0 Å². The molecule has 0 amide bonds. The molecule has 88 valence electrons. The van der Waals surface area contributed by atoms with Crippen LogP contribution >= 0.6 is 24.4 Å². The van der Waals surface area contributed by atoms with Gasteiger partial charge in [0.2, 0.25) is 0 Å². The molecular weight excluding hydrogens is 232 g/mol. The van der Waals surface area contributed by atoms with Crippen LogP contribution < -0.4 is 0 Å². The molecule has 0 radical (unpaired) electrons. The second-order valence-corrected chi connectivity index (χ2v) is 6.19. The first kappa shape index (κ1) is 12.4. The summed E-state index contributed by atoms with van der Waals surface area (Å²) < 4.78 is 0. The molecule has 16 heavy (non-hydrogen) atoms. The summed E-state index contributed by atoms with van der Waals surface area (Å²) in [7, 11) is 0. The van der Waals surface area contributed by atoms with Gasteiger partial charge >= 0.3 is 0 Å². The van der Waals surface area contributed by atoms with Crippen LogP contribution in [0.1, 0.15) is 32.1 Å². The van der Waals surface area contributed by atoms with E-state index in [9.17, 15) is 0 Å². The summed E-state index contributed by atoms with van der Waals surface area (Å²) in [6.45, 7) is 0. The molecule has 0 nitrogen and oxygen atoms in total. The third-order valence-corrected chi connectivity index (χ3v) is 5.57. The summed E-state index contributed by atoms with van der Waals surface area (Å²) >= 11 is 6.58. The van der Waals surface area contributed by atoms with Gasteiger partial charge in [-0.2, -0.15) is 12.6 Å². The Balaban J connectivity index is 1.92. The molecule has 2 rings (SSSR count). The van der Waals surface area contributed by atoms with Crippen LogP contribution in [-0.2, 0) is 0 Å². The Labute approximate surface area is 109 Å². The number of thioether (sulfide) groups is 1. The van der Waals surface area contributed by atoms with Crippen LogP contribution in [-0.4, -0.2) is 11.5 Å². The SMILES string of the molecule is SCC1(CSc2ccccc2)CCCCC1. The number of hydrogen-bond acceptors (Lipinski definition) is 2. The van der Waals surface area contributed by atoms with E-state index < -0.39 is 0 Å². The third-order valence-electron chi connectivity index (χ3n) is 3.54. The first-order valence-electron chi connectivity index (χ1n) is 6.13. The van der Waals surface area contributed by atoms with Crippen LogP contribution in [0.15, 0.2) is 35.2 Å². The van der Waals surface area contributed by atoms with Gasteiger partial charge in [-0.15, -0.1) is 11.8 Å². The molecule has 1 aromatic rings. The lowest BCUT2D eigenvalue weighted by Crippen LogP contribution is -2.28. The van der Waals surface area contributed by atoms with E-state index >= 15 is 0 Å². The number of rotatable bonds is 4. The molecule has 0 N–H and O–H groups in total. The lowest BCUT2D eigenvalue weighted by molar-refractivity contribution is 0.259. The molecule has 0 unspecified atom stereocenters. The third kappa shape index (κ3) is 3.21. The summed E-state index contributed by atoms with van der Waals surface area (Å²) in [4.78, 5) is 1.40. The summed E-state index contributed by atoms with van der Waals surface area (Å²) in [5, 5.41) is 0. The lowest BCUT2D eigenvalue weighted by atomic mass is 9.77. The van der Waals surface area contributed by atoms with E-state index in [0.29, 0.717) is 5.41 Å². The first-order chi connectivity index (χ1) is 7.85. The fourth-order valence-corrected chi connectivity index (χ4v) is 4.20. The van der Waals surface area contributed by atoms with Crippen LogP contribution in [0.3, 0.4) is 0 Å². The summed E-state index contributed by atoms with van der Waals surface area (Å²) in [5.41, 5.74) is 0.502. The Hall–Kier alpha value is -0.0800. The Bertz CT molecular complexity index is 302. The van der Waals surface area contributed by atoms with Gasteiger partial charge in [-0.3, -0.25) is 0 Å². The summed E-state index contributed by atoms with van der Waals surface area (Å²) in [6, 6.07) is 10.7. The van der Waals surface area contributed by atoms with Crippen LogP contribution in [0.4, 0.5) is 0 Å². The van der Waals surface area contributed by atoms with Crippen molar-refractivity contribution in [2.24, 2.45) is 5.41 Å². The topological polar surface area (TPSA) is 0 Å². The Kier molecular flexibility index (Phi) is 4.66. The molecule has 1 aliphatic carbocycles. The minimum Gasteiger partial charge on any atom is -0.179 e. The highest BCUT2D eigenvalue weighted by molar-refractivity contribution is 7.99. The molecule has 0 bridgehead atoms. The van der Waals surface area contributed by atoms with Crippen molar-refractivity contribution in [1.82, 2.24) is 0 Å². The predicted molar refractivity (Wildman–Crippen MR) is 76.5 cm³/mol. The fourth-order valence-electron chi connectivity index (χ4n) is 2.40. The lowest BCUT2D eigenvalue weighted by Gasteiger charge is -2.35. The standard InChI is InChI=1S/C14H20S2/c15-11-14(9-5-2-6-10-14)12-16-13-7-3-1-4-8-13/h1,3-4,7-8,15H,2,5-6,9-12H2. The fraction of sp³-hybridized carbons (Fsp3) is 0.571. The van der Waals surface area contributed by atoms with Gasteiger partial charge < -0.3 is 0 Å². The normalized spacial score (nSPS) is 19.6. The van der Waals surface area contributed by atoms with E-state index in [0.717, 1.165) is 5.75 Å². The molecule has 0 heterocycles. The average molecular weight is 252 g/mol. The summed E-state index contributed by atoms with van der Waals surface area (Å²) in [6.07, 6.45) is 6.96. The number of benzene rings is 1. The van der Waals surface area contributed by atoms with Gasteiger partial charge in [0.25, 0.3) is 0 Å². The highest BCUT2D eigenvalue weighted by atomic mass is 32.2. The van der Waals surface area contributed by atoms with Gasteiger partial charge in [0.05, 0.1) is 0 Å². The van der Waals surface area contributed by atoms with E-state index in [1.165, 1.54) is 42.8 Å². The quantitative estimate of drug-likeness (QED) is 0.601. The minimum absolute atomic E-state index is 0.502. The van der Waals surface area contributed by atoms with E-state index in [1.54, 1.807) is 0 Å². The van der Waals surface area contributed by atoms with Crippen molar-refractivity contribution in [3.8, 4) is 0 Å². The molecule has 0 spiro atoms. The molecule has 0 atom stereocenters. The van der Waals surface area contributed by atoms with Crippen LogP contribution in [0.2, 0.25) is 0 Å². The van der Waals surface area contributed by atoms with Crippen LogP contribution in [0, 0.1) is 5.41 Å². The van der Waals surface area contributed by atoms with Crippen molar-refractivity contribution in [3.05, 3.63) is 30.3 Å². The maximum atomic E-state index is 4.58. The van der Waals surface area contributed by atoms with Crippen LogP contribution in [0.25, 0.3) is 0 Å². The maximum absolute atomic E-state index is 4.58. The zero-order valence-electron chi connectivity index (χ0n) is 9.69. The van der Waals surface area contributed by atoms with Gasteiger partial charge in [-0.1, -0.05) is 37.5 Å². The smallest absolute Gasteiger partial charge is 0.00721 e. The Morgan fingerprint density at radius 3 is 2.38 bits per heavy atom. The van der Waals surface area contributed by atoms with E-state index in [1.807, 2.05) is 11.8 Å². The molecule has 1 aliphatic rings. The van der Waals surface area contributed by atoms with Gasteiger partial charge in [0, 0.05) is 10.6 Å². The molecule has 1 fully saturated rings. The van der Waals surface area contributed by atoms with E-state index in [2.05, 4.69) is 43.0 Å². The van der Waals surface area contributed by atoms with E-state index in [-0.39, 0.29) is 0 Å². The van der Waals surface area contributed by atoms with Crippen molar-refractivity contribution in [2.75, 3.05) is 11.5 Å². The molecule has 0 saturated heterocycles.